The molecule has 0 saturated heterocycles. The molecule has 0 aliphatic rings. The molecule has 2 atom stereocenters. The molecule has 84 valence electrons. The lowest BCUT2D eigenvalue weighted by atomic mass is 10.3. The maximum atomic E-state index is 11.6. The summed E-state index contributed by atoms with van der Waals surface area (Å²) in [6.07, 6.45) is 1.64. The van der Waals surface area contributed by atoms with Crippen LogP contribution in [0.15, 0.2) is 15.2 Å². The standard InChI is InChI=1S/C9H12BrNO2S2/c1-6(15(2)13)4-11-9(12)7-3-8(10)14-5-7/h3,5-6H,4H2,1-2H3,(H,11,12). The summed E-state index contributed by atoms with van der Waals surface area (Å²) in [7, 11) is -0.899. The van der Waals surface area contributed by atoms with E-state index in [1.165, 1.54) is 11.3 Å². The van der Waals surface area contributed by atoms with Crippen molar-refractivity contribution in [3.8, 4) is 0 Å². The Morgan fingerprint density at radius 1 is 1.73 bits per heavy atom. The van der Waals surface area contributed by atoms with E-state index in [0.717, 1.165) is 3.79 Å². The molecule has 0 spiro atoms. The average Bonchev–Trinajstić information content (AvgIpc) is 2.60. The SMILES string of the molecule is CC(CNC(=O)c1csc(Br)c1)S(C)=O. The molecule has 1 aromatic heterocycles. The minimum absolute atomic E-state index is 0.0176. The largest absolute Gasteiger partial charge is 0.351 e. The van der Waals surface area contributed by atoms with E-state index in [0.29, 0.717) is 12.1 Å². The van der Waals surface area contributed by atoms with Crippen molar-refractivity contribution < 1.29 is 9.00 Å². The fourth-order valence-electron chi connectivity index (χ4n) is 0.885. The normalized spacial score (nSPS) is 14.6. The predicted molar refractivity (Wildman–Crippen MR) is 67.9 cm³/mol. The highest BCUT2D eigenvalue weighted by Crippen LogP contribution is 2.20. The van der Waals surface area contributed by atoms with Crippen LogP contribution in [0.2, 0.25) is 0 Å². The highest BCUT2D eigenvalue weighted by Gasteiger charge is 2.11. The number of thiophene rings is 1. The third kappa shape index (κ3) is 4.04. The molecule has 1 rings (SSSR count). The fraction of sp³-hybridized carbons (Fsp3) is 0.444. The van der Waals surface area contributed by atoms with Gasteiger partial charge in [0.15, 0.2) is 0 Å². The Balaban J connectivity index is 2.47. The monoisotopic (exact) mass is 309 g/mol. The Morgan fingerprint density at radius 2 is 2.40 bits per heavy atom. The van der Waals surface area contributed by atoms with Gasteiger partial charge >= 0.3 is 0 Å². The van der Waals surface area contributed by atoms with Crippen LogP contribution in [0.3, 0.4) is 0 Å². The van der Waals surface area contributed by atoms with Crippen molar-refractivity contribution in [2.45, 2.75) is 12.2 Å². The first-order valence-corrected chi connectivity index (χ1v) is 7.64. The molecule has 6 heteroatoms. The predicted octanol–water partition coefficient (Wildman–Crippen LogP) is 2.01. The second-order valence-corrected chi connectivity index (χ2v) is 7.25. The number of rotatable bonds is 4. The van der Waals surface area contributed by atoms with Crippen LogP contribution in [0.5, 0.6) is 0 Å². The van der Waals surface area contributed by atoms with Crippen LogP contribution in [0.25, 0.3) is 0 Å². The molecule has 3 nitrogen and oxygen atoms in total. The zero-order chi connectivity index (χ0) is 11.4. The molecular weight excluding hydrogens is 298 g/mol. The Labute approximate surface area is 104 Å². The first-order chi connectivity index (χ1) is 7.00. The molecule has 1 aromatic rings. The molecule has 1 N–H and O–H groups in total. The van der Waals surface area contributed by atoms with E-state index in [2.05, 4.69) is 21.2 Å². The summed E-state index contributed by atoms with van der Waals surface area (Å²) < 4.78 is 12.0. The van der Waals surface area contributed by atoms with Crippen molar-refractivity contribution in [2.75, 3.05) is 12.8 Å². The zero-order valence-corrected chi connectivity index (χ0v) is 11.7. The topological polar surface area (TPSA) is 46.2 Å². The van der Waals surface area contributed by atoms with Gasteiger partial charge in [-0.3, -0.25) is 9.00 Å². The van der Waals surface area contributed by atoms with E-state index in [9.17, 15) is 9.00 Å². The molecule has 2 unspecified atom stereocenters. The summed E-state index contributed by atoms with van der Waals surface area (Å²) in [5.41, 5.74) is 0.640. The maximum Gasteiger partial charge on any atom is 0.252 e. The lowest BCUT2D eigenvalue weighted by Gasteiger charge is -2.08. The third-order valence-electron chi connectivity index (χ3n) is 1.95. The van der Waals surface area contributed by atoms with Gasteiger partial charge in [-0.1, -0.05) is 0 Å². The second kappa shape index (κ2) is 5.77. The lowest BCUT2D eigenvalue weighted by Crippen LogP contribution is -2.32. The second-order valence-electron chi connectivity index (χ2n) is 3.16. The van der Waals surface area contributed by atoms with Gasteiger partial charge in [0.2, 0.25) is 0 Å². The summed E-state index contributed by atoms with van der Waals surface area (Å²) in [5.74, 6) is -0.116. The lowest BCUT2D eigenvalue weighted by molar-refractivity contribution is 0.0954. The number of carbonyl (C=O) groups is 1. The molecule has 0 aliphatic heterocycles. The van der Waals surface area contributed by atoms with Crippen molar-refractivity contribution in [3.63, 3.8) is 0 Å². The Bertz CT molecular complexity index is 378. The highest BCUT2D eigenvalue weighted by molar-refractivity contribution is 9.11. The Morgan fingerprint density at radius 3 is 2.87 bits per heavy atom. The van der Waals surface area contributed by atoms with Gasteiger partial charge in [-0.2, -0.15) is 0 Å². The van der Waals surface area contributed by atoms with Gasteiger partial charge in [0.1, 0.15) is 0 Å². The highest BCUT2D eigenvalue weighted by atomic mass is 79.9. The summed E-state index contributed by atoms with van der Waals surface area (Å²) in [6, 6.07) is 1.77. The summed E-state index contributed by atoms with van der Waals surface area (Å²) in [6.45, 7) is 2.29. The van der Waals surface area contributed by atoms with Gasteiger partial charge in [0, 0.05) is 34.2 Å². The van der Waals surface area contributed by atoms with E-state index < -0.39 is 10.8 Å². The zero-order valence-electron chi connectivity index (χ0n) is 8.45. The van der Waals surface area contributed by atoms with Gasteiger partial charge in [-0.15, -0.1) is 11.3 Å². The van der Waals surface area contributed by atoms with E-state index in [4.69, 9.17) is 0 Å². The van der Waals surface area contributed by atoms with Crippen LogP contribution in [-0.2, 0) is 10.8 Å². The molecular formula is C9H12BrNO2S2. The van der Waals surface area contributed by atoms with Crippen molar-refractivity contribution in [3.05, 3.63) is 20.8 Å². The van der Waals surface area contributed by atoms with E-state index in [1.54, 1.807) is 17.7 Å². The molecule has 1 heterocycles. The number of halogens is 1. The van der Waals surface area contributed by atoms with Crippen molar-refractivity contribution in [1.82, 2.24) is 5.32 Å². The van der Waals surface area contributed by atoms with Gasteiger partial charge in [0.25, 0.3) is 5.91 Å². The molecule has 0 saturated carbocycles. The van der Waals surface area contributed by atoms with Crippen molar-refractivity contribution >= 4 is 44.0 Å². The number of hydrogen-bond acceptors (Lipinski definition) is 3. The van der Waals surface area contributed by atoms with Crippen LogP contribution in [0.1, 0.15) is 17.3 Å². The van der Waals surface area contributed by atoms with Crippen LogP contribution in [0, 0.1) is 0 Å². The van der Waals surface area contributed by atoms with Crippen LogP contribution >= 0.6 is 27.3 Å². The van der Waals surface area contributed by atoms with Gasteiger partial charge in [-0.25, -0.2) is 0 Å². The fourth-order valence-corrected chi connectivity index (χ4v) is 2.34. The van der Waals surface area contributed by atoms with Crippen molar-refractivity contribution in [1.29, 1.82) is 0 Å². The Hall–Kier alpha value is -0.200. The molecule has 0 radical (unpaired) electrons. The molecule has 0 fully saturated rings. The minimum atomic E-state index is -0.899. The van der Waals surface area contributed by atoms with Crippen LogP contribution in [-0.4, -0.2) is 28.2 Å². The van der Waals surface area contributed by atoms with Gasteiger partial charge < -0.3 is 5.32 Å². The maximum absolute atomic E-state index is 11.6. The summed E-state index contributed by atoms with van der Waals surface area (Å²) in [4.78, 5) is 11.6. The van der Waals surface area contributed by atoms with Gasteiger partial charge in [-0.05, 0) is 28.9 Å². The summed E-state index contributed by atoms with van der Waals surface area (Å²) in [5, 5.41) is 4.51. The third-order valence-corrected chi connectivity index (χ3v) is 4.75. The van der Waals surface area contributed by atoms with Gasteiger partial charge in [0.05, 0.1) is 9.35 Å². The first kappa shape index (κ1) is 12.9. The smallest absolute Gasteiger partial charge is 0.252 e. The van der Waals surface area contributed by atoms with Crippen LogP contribution in [0.4, 0.5) is 0 Å². The quantitative estimate of drug-likeness (QED) is 0.925. The van der Waals surface area contributed by atoms with Crippen LogP contribution < -0.4 is 5.32 Å². The molecule has 0 aromatic carbocycles. The molecule has 15 heavy (non-hydrogen) atoms. The van der Waals surface area contributed by atoms with Crippen molar-refractivity contribution in [2.24, 2.45) is 0 Å². The number of nitrogens with one attached hydrogen (secondary N) is 1. The Kier molecular flexibility index (Phi) is 4.95. The molecule has 1 amide bonds. The molecule has 0 aliphatic carbocycles. The number of amides is 1. The first-order valence-electron chi connectivity index (χ1n) is 4.35. The average molecular weight is 310 g/mol. The number of carbonyl (C=O) groups excluding carboxylic acids is 1. The van der Waals surface area contributed by atoms with E-state index in [-0.39, 0.29) is 11.2 Å². The van der Waals surface area contributed by atoms with E-state index >= 15 is 0 Å². The number of hydrogen-bond donors (Lipinski definition) is 1. The summed E-state index contributed by atoms with van der Waals surface area (Å²) >= 11 is 4.76. The van der Waals surface area contributed by atoms with E-state index in [1.807, 2.05) is 6.92 Å². The molecule has 0 bridgehead atoms. The minimum Gasteiger partial charge on any atom is -0.351 e.